The Balaban J connectivity index is 4.18. The predicted molar refractivity (Wildman–Crippen MR) is 70.6 cm³/mol. The van der Waals surface area contributed by atoms with E-state index in [9.17, 15) is 14.4 Å². The molecule has 0 aliphatic carbocycles. The topological polar surface area (TPSA) is 87.7 Å². The maximum absolute atomic E-state index is 11.4. The van der Waals surface area contributed by atoms with Crippen LogP contribution in [0.4, 0.5) is 4.79 Å². The molecule has 0 unspecified atom stereocenters. The van der Waals surface area contributed by atoms with Crippen molar-refractivity contribution in [2.75, 3.05) is 26.7 Å². The third kappa shape index (κ3) is 8.15. The van der Waals surface area contributed by atoms with Crippen LogP contribution in [0.25, 0.3) is 0 Å². The number of ether oxygens (including phenoxy) is 1. The number of amides is 3. The van der Waals surface area contributed by atoms with Gasteiger partial charge in [0.05, 0.1) is 13.2 Å². The standard InChI is InChI=1S/C12H23N3O4/c1-5-19-11(17)8-15(9(2)3)7-6-10(16)14-12(18)13-4/h9H,5-8H2,1-4H3,(H2,13,14,16,18). The number of esters is 1. The van der Waals surface area contributed by atoms with Crippen LogP contribution in [0.3, 0.4) is 0 Å². The van der Waals surface area contributed by atoms with Crippen LogP contribution < -0.4 is 10.6 Å². The number of carbonyl (C=O) groups excluding carboxylic acids is 3. The number of carbonyl (C=O) groups is 3. The van der Waals surface area contributed by atoms with Gasteiger partial charge in [-0.15, -0.1) is 0 Å². The fourth-order valence-corrected chi connectivity index (χ4v) is 1.39. The molecule has 0 radical (unpaired) electrons. The molecule has 7 nitrogen and oxygen atoms in total. The van der Waals surface area contributed by atoms with Crippen molar-refractivity contribution in [2.24, 2.45) is 0 Å². The highest BCUT2D eigenvalue weighted by Crippen LogP contribution is 2.00. The molecule has 110 valence electrons. The Morgan fingerprint density at radius 3 is 2.37 bits per heavy atom. The van der Waals surface area contributed by atoms with E-state index in [2.05, 4.69) is 10.6 Å². The average molecular weight is 273 g/mol. The summed E-state index contributed by atoms with van der Waals surface area (Å²) in [6.07, 6.45) is 0.144. The molecule has 0 atom stereocenters. The summed E-state index contributed by atoms with van der Waals surface area (Å²) in [6, 6.07) is -0.427. The minimum Gasteiger partial charge on any atom is -0.465 e. The normalized spacial score (nSPS) is 10.4. The van der Waals surface area contributed by atoms with Crippen LogP contribution in [0.15, 0.2) is 0 Å². The summed E-state index contributed by atoms with van der Waals surface area (Å²) in [6.45, 7) is 6.46. The summed E-state index contributed by atoms with van der Waals surface area (Å²) in [4.78, 5) is 35.6. The molecular formula is C12H23N3O4. The Labute approximate surface area is 113 Å². The van der Waals surface area contributed by atoms with E-state index < -0.39 is 6.03 Å². The predicted octanol–water partition coefficient (Wildman–Crippen LogP) is 0.106. The van der Waals surface area contributed by atoms with E-state index in [1.807, 2.05) is 18.7 Å². The van der Waals surface area contributed by atoms with Crippen LogP contribution in [-0.2, 0) is 14.3 Å². The maximum Gasteiger partial charge on any atom is 0.321 e. The van der Waals surface area contributed by atoms with Crippen molar-refractivity contribution in [3.05, 3.63) is 0 Å². The molecule has 0 spiro atoms. The first-order valence-corrected chi connectivity index (χ1v) is 6.31. The highest BCUT2D eigenvalue weighted by molar-refractivity contribution is 5.94. The largest absolute Gasteiger partial charge is 0.465 e. The van der Waals surface area contributed by atoms with Gasteiger partial charge in [-0.25, -0.2) is 4.79 Å². The molecule has 0 aromatic heterocycles. The molecule has 3 amide bonds. The molecule has 7 heteroatoms. The van der Waals surface area contributed by atoms with Crippen LogP contribution in [0.1, 0.15) is 27.2 Å². The van der Waals surface area contributed by atoms with Crippen molar-refractivity contribution in [1.29, 1.82) is 0 Å². The smallest absolute Gasteiger partial charge is 0.321 e. The molecule has 19 heavy (non-hydrogen) atoms. The third-order valence-corrected chi connectivity index (χ3v) is 2.47. The van der Waals surface area contributed by atoms with Gasteiger partial charge in [0.1, 0.15) is 0 Å². The molecule has 0 aromatic carbocycles. The molecule has 0 fully saturated rings. The zero-order valence-electron chi connectivity index (χ0n) is 12.0. The lowest BCUT2D eigenvalue weighted by atomic mass is 10.2. The van der Waals surface area contributed by atoms with Gasteiger partial charge in [-0.2, -0.15) is 0 Å². The van der Waals surface area contributed by atoms with Gasteiger partial charge < -0.3 is 10.1 Å². The van der Waals surface area contributed by atoms with E-state index in [1.54, 1.807) is 6.92 Å². The van der Waals surface area contributed by atoms with Crippen molar-refractivity contribution in [1.82, 2.24) is 15.5 Å². The monoisotopic (exact) mass is 273 g/mol. The number of hydrogen-bond donors (Lipinski definition) is 2. The van der Waals surface area contributed by atoms with Crippen molar-refractivity contribution >= 4 is 17.9 Å². The van der Waals surface area contributed by atoms with Gasteiger partial charge in [0.25, 0.3) is 0 Å². The summed E-state index contributed by atoms with van der Waals surface area (Å²) >= 11 is 0. The molecule has 0 bridgehead atoms. The second-order valence-electron chi connectivity index (χ2n) is 4.25. The van der Waals surface area contributed by atoms with Crippen molar-refractivity contribution < 1.29 is 19.1 Å². The molecule has 2 N–H and O–H groups in total. The number of urea groups is 1. The maximum atomic E-state index is 11.4. The first-order chi connectivity index (χ1) is 8.90. The summed E-state index contributed by atoms with van der Waals surface area (Å²) in [5, 5.41) is 4.47. The van der Waals surface area contributed by atoms with Gasteiger partial charge >= 0.3 is 12.0 Å². The van der Waals surface area contributed by atoms with Gasteiger partial charge in [-0.1, -0.05) is 0 Å². The van der Waals surface area contributed by atoms with Crippen LogP contribution >= 0.6 is 0 Å². The molecule has 0 saturated carbocycles. The highest BCUT2D eigenvalue weighted by Gasteiger charge is 2.16. The minimum absolute atomic E-state index is 0.109. The second-order valence-corrected chi connectivity index (χ2v) is 4.25. The van der Waals surface area contributed by atoms with Gasteiger partial charge in [0, 0.05) is 26.1 Å². The first kappa shape index (κ1) is 17.4. The van der Waals surface area contributed by atoms with Gasteiger partial charge in [0.2, 0.25) is 5.91 Å². The Kier molecular flexibility index (Phi) is 8.52. The van der Waals surface area contributed by atoms with Crippen molar-refractivity contribution in [3.63, 3.8) is 0 Å². The second kappa shape index (κ2) is 9.32. The van der Waals surface area contributed by atoms with Crippen LogP contribution in [0, 0.1) is 0 Å². The fourth-order valence-electron chi connectivity index (χ4n) is 1.39. The number of rotatable bonds is 7. The van der Waals surface area contributed by atoms with E-state index in [4.69, 9.17) is 4.74 Å². The van der Waals surface area contributed by atoms with E-state index in [0.29, 0.717) is 13.2 Å². The lowest BCUT2D eigenvalue weighted by Crippen LogP contribution is -2.41. The van der Waals surface area contributed by atoms with Gasteiger partial charge in [-0.05, 0) is 20.8 Å². The molecule has 0 aliphatic rings. The van der Waals surface area contributed by atoms with Crippen LogP contribution in [0.2, 0.25) is 0 Å². The zero-order chi connectivity index (χ0) is 14.8. The molecule has 0 aliphatic heterocycles. The summed E-state index contributed by atoms with van der Waals surface area (Å²) in [5.41, 5.74) is 0. The number of nitrogens with zero attached hydrogens (tertiary/aromatic N) is 1. The molecule has 0 saturated heterocycles. The summed E-state index contributed by atoms with van der Waals surface area (Å²) in [7, 11) is 1.43. The molecule has 0 rings (SSSR count). The minimum atomic E-state index is -0.536. The lowest BCUT2D eigenvalue weighted by Gasteiger charge is -2.24. The summed E-state index contributed by atoms with van der Waals surface area (Å²) in [5.74, 6) is -0.697. The average Bonchev–Trinajstić information content (AvgIpc) is 2.34. The van der Waals surface area contributed by atoms with E-state index in [1.165, 1.54) is 7.05 Å². The Morgan fingerprint density at radius 1 is 1.26 bits per heavy atom. The highest BCUT2D eigenvalue weighted by atomic mass is 16.5. The number of imide groups is 1. The summed E-state index contributed by atoms with van der Waals surface area (Å²) < 4.78 is 4.87. The molecular weight excluding hydrogens is 250 g/mol. The first-order valence-electron chi connectivity index (χ1n) is 6.31. The number of hydrogen-bond acceptors (Lipinski definition) is 5. The number of nitrogens with one attached hydrogen (secondary N) is 2. The van der Waals surface area contributed by atoms with Crippen molar-refractivity contribution in [3.8, 4) is 0 Å². The Hall–Kier alpha value is -1.63. The quantitative estimate of drug-likeness (QED) is 0.643. The van der Waals surface area contributed by atoms with E-state index in [-0.39, 0.29) is 30.9 Å². The Bertz CT molecular complexity index is 318. The van der Waals surface area contributed by atoms with E-state index in [0.717, 1.165) is 0 Å². The van der Waals surface area contributed by atoms with Gasteiger partial charge in [0.15, 0.2) is 0 Å². The fraction of sp³-hybridized carbons (Fsp3) is 0.750. The SMILES string of the molecule is CCOC(=O)CN(CCC(=O)NC(=O)NC)C(C)C. The molecule has 0 heterocycles. The van der Waals surface area contributed by atoms with Crippen molar-refractivity contribution in [2.45, 2.75) is 33.2 Å². The third-order valence-electron chi connectivity index (χ3n) is 2.47. The zero-order valence-corrected chi connectivity index (χ0v) is 12.0. The lowest BCUT2D eigenvalue weighted by molar-refractivity contribution is -0.145. The van der Waals surface area contributed by atoms with E-state index >= 15 is 0 Å². The molecule has 0 aromatic rings. The Morgan fingerprint density at radius 2 is 1.89 bits per heavy atom. The van der Waals surface area contributed by atoms with Gasteiger partial charge in [-0.3, -0.25) is 19.8 Å². The van der Waals surface area contributed by atoms with Crippen LogP contribution in [-0.4, -0.2) is 55.6 Å². The van der Waals surface area contributed by atoms with Crippen LogP contribution in [0.5, 0.6) is 0 Å².